The van der Waals surface area contributed by atoms with Crippen LogP contribution in [0.4, 0.5) is 0 Å². The Morgan fingerprint density at radius 2 is 1.08 bits per heavy atom. The summed E-state index contributed by atoms with van der Waals surface area (Å²) in [6, 6.07) is 0. The molecule has 1 aliphatic carbocycles. The van der Waals surface area contributed by atoms with Crippen molar-refractivity contribution in [2.75, 3.05) is 21.3 Å². The van der Waals surface area contributed by atoms with Crippen LogP contribution in [0, 0.1) is 0 Å². The average Bonchev–Trinajstić information content (AvgIpc) is 2.97. The molecule has 0 aromatic rings. The van der Waals surface area contributed by atoms with Gasteiger partial charge in [0.2, 0.25) is 0 Å². The molecule has 4 N–H and O–H groups in total. The molecule has 0 unspecified atom stereocenters. The van der Waals surface area contributed by atoms with Gasteiger partial charge < -0.3 is 13.3 Å². The lowest BCUT2D eigenvalue weighted by Crippen LogP contribution is -2.21. The van der Waals surface area contributed by atoms with E-state index in [1.54, 1.807) is 21.3 Å². The molecule has 0 saturated heterocycles. The molecule has 1 saturated carbocycles. The predicted molar refractivity (Wildman–Crippen MR) is 50.4 cm³/mol. The fourth-order valence-corrected chi connectivity index (χ4v) is 0.866. The van der Waals surface area contributed by atoms with Gasteiger partial charge in [0.1, 0.15) is 0 Å². The van der Waals surface area contributed by atoms with Gasteiger partial charge >= 0.3 is 9.53 Å². The third kappa shape index (κ3) is 16.5. The number of nitrogens with two attached hydrogens (primary N) is 2. The molecule has 12 heavy (non-hydrogen) atoms. The van der Waals surface area contributed by atoms with Gasteiger partial charge in [-0.25, -0.2) is 0 Å². The topological polar surface area (TPSA) is 79.7 Å². The van der Waals surface area contributed by atoms with Crippen LogP contribution in [-0.4, -0.2) is 30.9 Å². The molecule has 6 heteroatoms. The van der Waals surface area contributed by atoms with Crippen LogP contribution in [-0.2, 0) is 13.3 Å². The molecule has 0 aromatic carbocycles. The Kier molecular flexibility index (Phi) is 16.5. The van der Waals surface area contributed by atoms with E-state index in [1.165, 1.54) is 19.3 Å². The fourth-order valence-electron chi connectivity index (χ4n) is 0.289. The summed E-state index contributed by atoms with van der Waals surface area (Å²) in [5.74, 6) is 8.00. The van der Waals surface area contributed by atoms with Crippen LogP contribution in [0.5, 0.6) is 0 Å². The summed E-state index contributed by atoms with van der Waals surface area (Å²) in [6.45, 7) is 0. The predicted octanol–water partition coefficient (Wildman–Crippen LogP) is -0.368. The Bertz CT molecular complexity index is 63.5. The lowest BCUT2D eigenvalue weighted by molar-refractivity contribution is 0.163. The van der Waals surface area contributed by atoms with Gasteiger partial charge in [0, 0.05) is 21.3 Å². The minimum absolute atomic E-state index is 1.50. The Morgan fingerprint density at radius 3 is 1.08 bits per heavy atom. The maximum Gasteiger partial charge on any atom is 0.483 e. The van der Waals surface area contributed by atoms with E-state index >= 15 is 0 Å². The third-order valence-corrected chi connectivity index (χ3v) is 2.09. The van der Waals surface area contributed by atoms with Crippen LogP contribution < -0.4 is 11.7 Å². The fraction of sp³-hybridized carbons (Fsp3) is 1.00. The van der Waals surface area contributed by atoms with Crippen LogP contribution in [0.1, 0.15) is 19.3 Å². The highest BCUT2D eigenvalue weighted by Crippen LogP contribution is 2.14. The molecule has 0 aromatic heterocycles. The van der Waals surface area contributed by atoms with Crippen LogP contribution in [0.2, 0.25) is 0 Å². The molecule has 76 valence electrons. The van der Waals surface area contributed by atoms with E-state index in [1.807, 2.05) is 0 Å². The first-order chi connectivity index (χ1) is 5.85. The normalized spacial score (nSPS) is 12.5. The van der Waals surface area contributed by atoms with Crippen molar-refractivity contribution in [1.82, 2.24) is 0 Å². The molecule has 0 atom stereocenters. The summed E-state index contributed by atoms with van der Waals surface area (Å²) >= 11 is 0. The Hall–Kier alpha value is 0.0169. The van der Waals surface area contributed by atoms with E-state index in [4.69, 9.17) is 13.3 Å². The molecule has 0 aliphatic heterocycles. The number of rotatable bonds is 3. The van der Waals surface area contributed by atoms with E-state index in [-0.39, 0.29) is 0 Å². The van der Waals surface area contributed by atoms with Crippen LogP contribution in [0.15, 0.2) is 0 Å². The van der Waals surface area contributed by atoms with Gasteiger partial charge in [-0.15, -0.1) is 0 Å². The number of hydrazine groups is 1. The summed E-state index contributed by atoms with van der Waals surface area (Å²) in [7, 11) is 3.05. The molecule has 1 rings (SSSR count). The third-order valence-electron chi connectivity index (χ3n) is 0.931. The van der Waals surface area contributed by atoms with Gasteiger partial charge in [0.15, 0.2) is 0 Å². The van der Waals surface area contributed by atoms with Gasteiger partial charge in [-0.2, -0.15) is 0 Å². The number of hydrogen-bond donors (Lipinski definition) is 2. The molecule has 0 spiro atoms. The van der Waals surface area contributed by atoms with E-state index in [2.05, 4.69) is 11.7 Å². The van der Waals surface area contributed by atoms with Crippen molar-refractivity contribution in [3.8, 4) is 0 Å². The van der Waals surface area contributed by atoms with Crippen LogP contribution in [0.25, 0.3) is 0 Å². The molecule has 5 nitrogen and oxygen atoms in total. The standard InChI is InChI=1S/C3H10O3Si.C3H6.H4N2/c1-4-7(5-2)6-3;1-2-3-1;1-2/h7H,1-3H3;1-3H2;1-2H2. The summed E-state index contributed by atoms with van der Waals surface area (Å²) in [6.07, 6.45) is 4.50. The Morgan fingerprint density at radius 1 is 0.833 bits per heavy atom. The van der Waals surface area contributed by atoms with Gasteiger partial charge in [-0.3, -0.25) is 11.7 Å². The molecular weight excluding hydrogens is 176 g/mol. The largest absolute Gasteiger partial charge is 0.483 e. The molecule has 0 heterocycles. The Labute approximate surface area is 75.9 Å². The maximum absolute atomic E-state index is 4.74. The highest BCUT2D eigenvalue weighted by molar-refractivity contribution is 6.36. The summed E-state index contributed by atoms with van der Waals surface area (Å²) in [5.41, 5.74) is 0. The minimum atomic E-state index is -1.67. The molecular formula is C6H20N2O3Si. The molecule has 0 bridgehead atoms. The SMILES string of the molecule is C1CC1.CO[SiH](OC)OC.NN. The smallest absolute Gasteiger partial charge is 0.379 e. The molecule has 1 fully saturated rings. The van der Waals surface area contributed by atoms with Gasteiger partial charge in [0.25, 0.3) is 0 Å². The second-order valence-corrected chi connectivity index (χ2v) is 4.05. The first-order valence-corrected chi connectivity index (χ1v) is 5.18. The lowest BCUT2D eigenvalue weighted by atomic mass is 11.0. The molecule has 0 radical (unpaired) electrons. The zero-order valence-electron chi connectivity index (χ0n) is 8.08. The van der Waals surface area contributed by atoms with Crippen LogP contribution >= 0.6 is 0 Å². The number of hydrogen-bond acceptors (Lipinski definition) is 5. The van der Waals surface area contributed by atoms with Crippen molar-refractivity contribution >= 4 is 9.53 Å². The summed E-state index contributed by atoms with van der Waals surface area (Å²) in [5, 5.41) is 0. The van der Waals surface area contributed by atoms with E-state index in [9.17, 15) is 0 Å². The Balaban J connectivity index is 0. The second-order valence-electron chi connectivity index (χ2n) is 2.06. The van der Waals surface area contributed by atoms with E-state index in [0.29, 0.717) is 0 Å². The molecule has 0 amide bonds. The lowest BCUT2D eigenvalue weighted by Gasteiger charge is -2.05. The van der Waals surface area contributed by atoms with Crippen molar-refractivity contribution in [1.29, 1.82) is 0 Å². The first kappa shape index (κ1) is 14.5. The highest BCUT2D eigenvalue weighted by atomic mass is 28.3. The average molecular weight is 196 g/mol. The van der Waals surface area contributed by atoms with E-state index in [0.717, 1.165) is 0 Å². The van der Waals surface area contributed by atoms with Gasteiger partial charge in [-0.05, 0) is 0 Å². The van der Waals surface area contributed by atoms with Crippen molar-refractivity contribution < 1.29 is 13.3 Å². The zero-order chi connectivity index (χ0) is 9.82. The summed E-state index contributed by atoms with van der Waals surface area (Å²) in [4.78, 5) is 0. The van der Waals surface area contributed by atoms with Crippen molar-refractivity contribution in [3.63, 3.8) is 0 Å². The second kappa shape index (κ2) is 13.6. The van der Waals surface area contributed by atoms with Gasteiger partial charge in [0.05, 0.1) is 0 Å². The minimum Gasteiger partial charge on any atom is -0.379 e. The van der Waals surface area contributed by atoms with Crippen LogP contribution in [0.3, 0.4) is 0 Å². The van der Waals surface area contributed by atoms with E-state index < -0.39 is 9.53 Å². The van der Waals surface area contributed by atoms with Crippen molar-refractivity contribution in [2.24, 2.45) is 11.7 Å². The van der Waals surface area contributed by atoms with Crippen molar-refractivity contribution in [3.05, 3.63) is 0 Å². The maximum atomic E-state index is 4.74. The van der Waals surface area contributed by atoms with Crippen molar-refractivity contribution in [2.45, 2.75) is 19.3 Å². The highest BCUT2D eigenvalue weighted by Gasteiger charge is 2.04. The zero-order valence-corrected chi connectivity index (χ0v) is 9.23. The quantitative estimate of drug-likeness (QED) is 0.366. The summed E-state index contributed by atoms with van der Waals surface area (Å²) < 4.78 is 14.2. The van der Waals surface area contributed by atoms with Gasteiger partial charge in [-0.1, -0.05) is 19.3 Å². The molecule has 1 aliphatic rings. The monoisotopic (exact) mass is 196 g/mol. The first-order valence-electron chi connectivity index (χ1n) is 3.77.